The smallest absolute Gasteiger partial charge is 0.123 e. The summed E-state index contributed by atoms with van der Waals surface area (Å²) in [5, 5.41) is 3.55. The first-order valence-electron chi connectivity index (χ1n) is 9.80. The lowest BCUT2D eigenvalue weighted by Gasteiger charge is -2.12. The number of ether oxygens (including phenoxy) is 1. The van der Waals surface area contributed by atoms with Crippen molar-refractivity contribution in [1.29, 1.82) is 0 Å². The number of hydrogen-bond donors (Lipinski definition) is 1. The van der Waals surface area contributed by atoms with E-state index in [1.54, 1.807) is 0 Å². The van der Waals surface area contributed by atoms with Crippen LogP contribution in [0.4, 0.5) is 0 Å². The third-order valence-electron chi connectivity index (χ3n) is 4.25. The minimum atomic E-state index is 0.847. The quantitative estimate of drug-likeness (QED) is 0.395. The van der Waals surface area contributed by atoms with Gasteiger partial charge in [-0.1, -0.05) is 83.4 Å². The molecule has 0 amide bonds. The van der Waals surface area contributed by atoms with Crippen LogP contribution in [0.1, 0.15) is 83.6 Å². The van der Waals surface area contributed by atoms with Gasteiger partial charge in [0.05, 0.1) is 6.61 Å². The van der Waals surface area contributed by atoms with Crippen molar-refractivity contribution in [3.05, 3.63) is 29.8 Å². The van der Waals surface area contributed by atoms with E-state index in [2.05, 4.69) is 43.4 Å². The predicted octanol–water partition coefficient (Wildman–Crippen LogP) is 6.10. The Balaban J connectivity index is 2.17. The van der Waals surface area contributed by atoms with E-state index in [1.165, 1.54) is 69.8 Å². The molecule has 0 radical (unpaired) electrons. The number of hydrogen-bond acceptors (Lipinski definition) is 2. The fourth-order valence-corrected chi connectivity index (χ4v) is 2.76. The van der Waals surface area contributed by atoms with Gasteiger partial charge >= 0.3 is 0 Å². The molecule has 1 N–H and O–H groups in total. The van der Waals surface area contributed by atoms with Crippen LogP contribution in [-0.4, -0.2) is 13.2 Å². The molecule has 1 aromatic carbocycles. The Hall–Kier alpha value is -1.02. The molecule has 0 aromatic heterocycles. The number of unbranched alkanes of at least 4 members (excludes halogenated alkanes) is 8. The Morgan fingerprint density at radius 3 is 2.22 bits per heavy atom. The van der Waals surface area contributed by atoms with Gasteiger partial charge in [-0.15, -0.1) is 0 Å². The third-order valence-corrected chi connectivity index (χ3v) is 4.25. The molecule has 0 fully saturated rings. The van der Waals surface area contributed by atoms with Gasteiger partial charge in [-0.25, -0.2) is 0 Å². The van der Waals surface area contributed by atoms with Crippen molar-refractivity contribution in [1.82, 2.24) is 5.32 Å². The molecule has 1 rings (SSSR count). The normalized spacial score (nSPS) is 10.9. The molecule has 0 atom stereocenters. The lowest BCUT2D eigenvalue weighted by Crippen LogP contribution is -2.15. The van der Waals surface area contributed by atoms with Crippen molar-refractivity contribution < 1.29 is 4.74 Å². The highest BCUT2D eigenvalue weighted by atomic mass is 16.5. The van der Waals surface area contributed by atoms with E-state index in [0.29, 0.717) is 0 Å². The Bertz CT molecular complexity index is 378. The highest BCUT2D eigenvalue weighted by Crippen LogP contribution is 2.18. The first-order chi connectivity index (χ1) is 11.4. The zero-order chi connectivity index (χ0) is 16.6. The zero-order valence-electron chi connectivity index (χ0n) is 15.4. The summed E-state index contributed by atoms with van der Waals surface area (Å²) < 4.78 is 6.00. The molecule has 1 aromatic rings. The van der Waals surface area contributed by atoms with Gasteiger partial charge in [0.25, 0.3) is 0 Å². The van der Waals surface area contributed by atoms with Gasteiger partial charge in [0.15, 0.2) is 0 Å². The highest BCUT2D eigenvalue weighted by Gasteiger charge is 2.02. The summed E-state index contributed by atoms with van der Waals surface area (Å²) in [6, 6.07) is 8.45. The summed E-state index contributed by atoms with van der Waals surface area (Å²) in [6.45, 7) is 7.38. The molecule has 23 heavy (non-hydrogen) atoms. The van der Waals surface area contributed by atoms with Gasteiger partial charge in [-0.05, 0) is 25.5 Å². The molecular weight excluding hydrogens is 282 g/mol. The van der Waals surface area contributed by atoms with Gasteiger partial charge in [0.2, 0.25) is 0 Å². The molecule has 0 aliphatic rings. The van der Waals surface area contributed by atoms with Crippen molar-refractivity contribution >= 4 is 0 Å². The average Bonchev–Trinajstić information content (AvgIpc) is 2.58. The number of rotatable bonds is 15. The standard InChI is InChI=1S/C21H37NO/c1-3-5-7-9-10-14-18-23-21-16-12-11-15-20(21)19-22-17-13-8-6-4-2/h11-12,15-16,22H,3-10,13-14,17-19H2,1-2H3. The maximum atomic E-state index is 6.00. The van der Waals surface area contributed by atoms with E-state index in [9.17, 15) is 0 Å². The van der Waals surface area contributed by atoms with Gasteiger partial charge < -0.3 is 10.1 Å². The minimum Gasteiger partial charge on any atom is -0.493 e. The van der Waals surface area contributed by atoms with Crippen molar-refractivity contribution in [3.8, 4) is 5.75 Å². The topological polar surface area (TPSA) is 21.3 Å². The second kappa shape index (κ2) is 14.6. The van der Waals surface area contributed by atoms with E-state index >= 15 is 0 Å². The van der Waals surface area contributed by atoms with E-state index in [0.717, 1.165) is 25.4 Å². The van der Waals surface area contributed by atoms with Crippen LogP contribution in [0.2, 0.25) is 0 Å². The van der Waals surface area contributed by atoms with Crippen molar-refractivity contribution in [2.75, 3.05) is 13.2 Å². The summed E-state index contributed by atoms with van der Waals surface area (Å²) in [5.41, 5.74) is 1.29. The van der Waals surface area contributed by atoms with Crippen LogP contribution >= 0.6 is 0 Å². The van der Waals surface area contributed by atoms with Crippen LogP contribution in [0.3, 0.4) is 0 Å². The van der Waals surface area contributed by atoms with Crippen LogP contribution in [-0.2, 0) is 6.54 Å². The fraction of sp³-hybridized carbons (Fsp3) is 0.714. The summed E-state index contributed by atoms with van der Waals surface area (Å²) in [7, 11) is 0. The molecule has 2 nitrogen and oxygen atoms in total. The second-order valence-electron chi connectivity index (χ2n) is 6.46. The average molecular weight is 320 g/mol. The van der Waals surface area contributed by atoms with Gasteiger partial charge in [-0.3, -0.25) is 0 Å². The van der Waals surface area contributed by atoms with E-state index in [1.807, 2.05) is 0 Å². The number of nitrogens with one attached hydrogen (secondary N) is 1. The monoisotopic (exact) mass is 319 g/mol. The van der Waals surface area contributed by atoms with Crippen molar-refractivity contribution in [2.24, 2.45) is 0 Å². The van der Waals surface area contributed by atoms with Crippen molar-refractivity contribution in [3.63, 3.8) is 0 Å². The minimum absolute atomic E-state index is 0.847. The van der Waals surface area contributed by atoms with Crippen LogP contribution in [0.25, 0.3) is 0 Å². The summed E-state index contributed by atoms with van der Waals surface area (Å²) in [6.07, 6.45) is 13.1. The molecule has 0 spiro atoms. The van der Waals surface area contributed by atoms with Crippen LogP contribution < -0.4 is 10.1 Å². The third kappa shape index (κ3) is 10.4. The Kier molecular flexibility index (Phi) is 12.7. The van der Waals surface area contributed by atoms with E-state index in [4.69, 9.17) is 4.74 Å². The molecule has 0 bridgehead atoms. The van der Waals surface area contributed by atoms with Gasteiger partial charge in [0.1, 0.15) is 5.75 Å². The molecule has 0 heterocycles. The second-order valence-corrected chi connectivity index (χ2v) is 6.46. The summed E-state index contributed by atoms with van der Waals surface area (Å²) >= 11 is 0. The number of para-hydroxylation sites is 1. The first-order valence-corrected chi connectivity index (χ1v) is 9.80. The lowest BCUT2D eigenvalue weighted by molar-refractivity contribution is 0.300. The van der Waals surface area contributed by atoms with Crippen LogP contribution in [0, 0.1) is 0 Å². The summed E-state index contributed by atoms with van der Waals surface area (Å²) in [4.78, 5) is 0. The first kappa shape index (κ1) is 20.0. The van der Waals surface area contributed by atoms with Crippen molar-refractivity contribution in [2.45, 2.75) is 84.6 Å². The SMILES string of the molecule is CCCCCCCCOc1ccccc1CNCCCCCC. The van der Waals surface area contributed by atoms with E-state index in [-0.39, 0.29) is 0 Å². The molecule has 0 unspecified atom stereocenters. The molecule has 2 heteroatoms. The maximum absolute atomic E-state index is 6.00. The van der Waals surface area contributed by atoms with Gasteiger partial charge in [0, 0.05) is 12.1 Å². The molecular formula is C21H37NO. The van der Waals surface area contributed by atoms with Crippen LogP contribution in [0.5, 0.6) is 5.75 Å². The molecule has 0 aliphatic carbocycles. The molecule has 132 valence electrons. The summed E-state index contributed by atoms with van der Waals surface area (Å²) in [5.74, 6) is 1.06. The Morgan fingerprint density at radius 1 is 0.783 bits per heavy atom. The Morgan fingerprint density at radius 2 is 1.43 bits per heavy atom. The van der Waals surface area contributed by atoms with Crippen LogP contribution in [0.15, 0.2) is 24.3 Å². The maximum Gasteiger partial charge on any atom is 0.123 e. The molecule has 0 saturated heterocycles. The fourth-order valence-electron chi connectivity index (χ4n) is 2.76. The van der Waals surface area contributed by atoms with E-state index < -0.39 is 0 Å². The largest absolute Gasteiger partial charge is 0.493 e. The predicted molar refractivity (Wildman–Crippen MR) is 101 cm³/mol. The molecule has 0 saturated carbocycles. The highest BCUT2D eigenvalue weighted by molar-refractivity contribution is 5.33. The lowest BCUT2D eigenvalue weighted by atomic mass is 10.1. The zero-order valence-corrected chi connectivity index (χ0v) is 15.4. The number of benzene rings is 1. The Labute approximate surface area is 144 Å². The molecule has 0 aliphatic heterocycles. The van der Waals surface area contributed by atoms with Gasteiger partial charge in [-0.2, -0.15) is 0 Å².